The number of carbonyl (C=O) groups is 2. The fraction of sp³-hybridized carbons (Fsp3) is 0.333. The van der Waals surface area contributed by atoms with E-state index in [4.69, 9.17) is 4.74 Å². The lowest BCUT2D eigenvalue weighted by atomic mass is 10.1. The van der Waals surface area contributed by atoms with Crippen molar-refractivity contribution in [3.05, 3.63) is 71.5 Å². The van der Waals surface area contributed by atoms with Crippen molar-refractivity contribution in [2.24, 2.45) is 0 Å². The van der Waals surface area contributed by atoms with Crippen molar-refractivity contribution in [1.29, 1.82) is 0 Å². The van der Waals surface area contributed by atoms with Crippen molar-refractivity contribution in [2.75, 3.05) is 19.6 Å². The van der Waals surface area contributed by atoms with Gasteiger partial charge in [-0.05, 0) is 29.7 Å². The lowest BCUT2D eigenvalue weighted by Gasteiger charge is -2.22. The zero-order chi connectivity index (χ0) is 19.5. The van der Waals surface area contributed by atoms with E-state index >= 15 is 0 Å². The van der Waals surface area contributed by atoms with Crippen molar-refractivity contribution in [3.8, 4) is 0 Å². The molecule has 0 aliphatic carbocycles. The van der Waals surface area contributed by atoms with Crippen molar-refractivity contribution in [1.82, 2.24) is 15.1 Å². The van der Waals surface area contributed by atoms with Crippen LogP contribution in [0.3, 0.4) is 0 Å². The van der Waals surface area contributed by atoms with E-state index in [1.807, 2.05) is 30.3 Å². The number of nitrogens with one attached hydrogen (secondary N) is 1. The van der Waals surface area contributed by atoms with Crippen LogP contribution in [0.1, 0.15) is 11.1 Å². The summed E-state index contributed by atoms with van der Waals surface area (Å²) < 4.78 is 18.5. The van der Waals surface area contributed by atoms with Crippen LogP contribution in [-0.4, -0.2) is 53.7 Å². The maximum absolute atomic E-state index is 13.0. The number of carbonyl (C=O) groups excluding carboxylic acids is 2. The molecule has 6 nitrogen and oxygen atoms in total. The molecular weight excluding hydrogens is 361 g/mol. The normalized spacial score (nSPS) is 20.8. The molecule has 2 aliphatic rings. The van der Waals surface area contributed by atoms with Gasteiger partial charge in [0, 0.05) is 19.6 Å². The van der Waals surface area contributed by atoms with Gasteiger partial charge in [0.15, 0.2) is 0 Å². The zero-order valence-corrected chi connectivity index (χ0v) is 15.4. The third kappa shape index (κ3) is 3.93. The Morgan fingerprint density at radius 2 is 1.82 bits per heavy atom. The van der Waals surface area contributed by atoms with Gasteiger partial charge in [-0.1, -0.05) is 42.5 Å². The van der Waals surface area contributed by atoms with Crippen molar-refractivity contribution < 1.29 is 18.7 Å². The summed E-state index contributed by atoms with van der Waals surface area (Å²) in [6, 6.07) is 15.7. The molecule has 2 aromatic rings. The van der Waals surface area contributed by atoms with Crippen LogP contribution >= 0.6 is 0 Å². The van der Waals surface area contributed by atoms with Gasteiger partial charge < -0.3 is 15.0 Å². The minimum atomic E-state index is -0.346. The van der Waals surface area contributed by atoms with E-state index in [1.54, 1.807) is 21.9 Å². The van der Waals surface area contributed by atoms with Gasteiger partial charge in [0.25, 0.3) is 0 Å². The number of likely N-dealkylation sites (tertiary alicyclic amines) is 1. The van der Waals surface area contributed by atoms with Crippen LogP contribution in [0.2, 0.25) is 0 Å². The summed E-state index contributed by atoms with van der Waals surface area (Å²) >= 11 is 0. The second-order valence-corrected chi connectivity index (χ2v) is 7.11. The van der Waals surface area contributed by atoms with E-state index in [0.29, 0.717) is 32.6 Å². The van der Waals surface area contributed by atoms with E-state index in [0.717, 1.165) is 11.1 Å². The third-order valence-corrected chi connectivity index (χ3v) is 5.25. The molecule has 7 heteroatoms. The molecule has 1 N–H and O–H groups in total. The third-order valence-electron chi connectivity index (χ3n) is 5.25. The SMILES string of the molecule is O=C(NCc1ccccc1)N1C[C@H]2OC(=O)N(CCc3ccc(F)cc3)[C@H]2C1. The van der Waals surface area contributed by atoms with E-state index in [-0.39, 0.29) is 30.1 Å². The van der Waals surface area contributed by atoms with Gasteiger partial charge in [-0.2, -0.15) is 0 Å². The molecule has 2 atom stereocenters. The molecule has 4 rings (SSSR count). The molecule has 2 fully saturated rings. The van der Waals surface area contributed by atoms with Crippen LogP contribution < -0.4 is 5.32 Å². The highest BCUT2D eigenvalue weighted by molar-refractivity contribution is 5.76. The summed E-state index contributed by atoms with van der Waals surface area (Å²) in [4.78, 5) is 28.0. The summed E-state index contributed by atoms with van der Waals surface area (Å²) in [7, 11) is 0. The number of benzene rings is 2. The van der Waals surface area contributed by atoms with Gasteiger partial charge in [0.05, 0.1) is 12.6 Å². The topological polar surface area (TPSA) is 61.9 Å². The first-order valence-corrected chi connectivity index (χ1v) is 9.38. The first-order valence-electron chi connectivity index (χ1n) is 9.38. The summed E-state index contributed by atoms with van der Waals surface area (Å²) in [5.41, 5.74) is 1.98. The molecule has 146 valence electrons. The number of hydrogen-bond donors (Lipinski definition) is 1. The van der Waals surface area contributed by atoms with E-state index in [9.17, 15) is 14.0 Å². The van der Waals surface area contributed by atoms with Crippen LogP contribution in [0, 0.1) is 5.82 Å². The second-order valence-electron chi connectivity index (χ2n) is 7.11. The summed E-state index contributed by atoms with van der Waals surface area (Å²) in [6.07, 6.45) is -0.0385. The van der Waals surface area contributed by atoms with Crippen LogP contribution in [-0.2, 0) is 17.7 Å². The average Bonchev–Trinajstić information content (AvgIpc) is 3.24. The van der Waals surface area contributed by atoms with Gasteiger partial charge in [0.2, 0.25) is 0 Å². The predicted octanol–water partition coefficient (Wildman–Crippen LogP) is 2.78. The molecule has 0 spiro atoms. The Morgan fingerprint density at radius 1 is 1.07 bits per heavy atom. The van der Waals surface area contributed by atoms with Crippen LogP contribution in [0.15, 0.2) is 54.6 Å². The minimum absolute atomic E-state index is 0.143. The molecule has 0 radical (unpaired) electrons. The van der Waals surface area contributed by atoms with Gasteiger partial charge in [-0.25, -0.2) is 14.0 Å². The maximum atomic E-state index is 13.0. The molecule has 0 bridgehead atoms. The van der Waals surface area contributed by atoms with Crippen molar-refractivity contribution in [3.63, 3.8) is 0 Å². The highest BCUT2D eigenvalue weighted by Gasteiger charge is 2.48. The van der Waals surface area contributed by atoms with Crippen LogP contribution in [0.5, 0.6) is 0 Å². The summed E-state index contributed by atoms with van der Waals surface area (Å²) in [5.74, 6) is -0.280. The molecular formula is C21H22FN3O3. The molecule has 0 aromatic heterocycles. The largest absolute Gasteiger partial charge is 0.442 e. The molecule has 2 heterocycles. The molecule has 3 amide bonds. The fourth-order valence-corrected chi connectivity index (χ4v) is 3.71. The lowest BCUT2D eigenvalue weighted by Crippen LogP contribution is -2.43. The van der Waals surface area contributed by atoms with Gasteiger partial charge in [-0.15, -0.1) is 0 Å². The molecule has 0 unspecified atom stereocenters. The Balaban J connectivity index is 1.31. The standard InChI is InChI=1S/C21H22FN3O3/c22-17-8-6-15(7-9-17)10-11-25-18-13-24(14-19(18)28-21(25)27)20(26)23-12-16-4-2-1-3-5-16/h1-9,18-19H,10-14H2,(H,23,26)/t18-,19+/m0/s1. The highest BCUT2D eigenvalue weighted by Crippen LogP contribution is 2.27. The number of rotatable bonds is 5. The highest BCUT2D eigenvalue weighted by atomic mass is 19.1. The molecule has 2 aliphatic heterocycles. The molecule has 2 aromatic carbocycles. The lowest BCUT2D eigenvalue weighted by molar-refractivity contribution is 0.123. The second kappa shape index (κ2) is 7.88. The van der Waals surface area contributed by atoms with Crippen LogP contribution in [0.4, 0.5) is 14.0 Å². The monoisotopic (exact) mass is 383 g/mol. The maximum Gasteiger partial charge on any atom is 0.410 e. The van der Waals surface area contributed by atoms with Crippen LogP contribution in [0.25, 0.3) is 0 Å². The Labute approximate surface area is 162 Å². The fourth-order valence-electron chi connectivity index (χ4n) is 3.71. The summed E-state index contributed by atoms with van der Waals surface area (Å²) in [6.45, 7) is 1.77. The Morgan fingerprint density at radius 3 is 2.57 bits per heavy atom. The molecule has 28 heavy (non-hydrogen) atoms. The quantitative estimate of drug-likeness (QED) is 0.864. The summed E-state index contributed by atoms with van der Waals surface area (Å²) in [5, 5.41) is 2.91. The van der Waals surface area contributed by atoms with E-state index < -0.39 is 0 Å². The van der Waals surface area contributed by atoms with Crippen molar-refractivity contribution in [2.45, 2.75) is 25.1 Å². The van der Waals surface area contributed by atoms with Gasteiger partial charge in [-0.3, -0.25) is 4.90 Å². The number of amides is 3. The first kappa shape index (κ1) is 18.3. The van der Waals surface area contributed by atoms with E-state index in [1.165, 1.54) is 12.1 Å². The Kier molecular flexibility index (Phi) is 5.14. The number of halogens is 1. The minimum Gasteiger partial charge on any atom is -0.442 e. The number of fused-ring (bicyclic) bond motifs is 1. The number of hydrogen-bond acceptors (Lipinski definition) is 3. The van der Waals surface area contributed by atoms with E-state index in [2.05, 4.69) is 5.32 Å². The number of urea groups is 1. The number of ether oxygens (including phenoxy) is 1. The average molecular weight is 383 g/mol. The first-order chi connectivity index (χ1) is 13.6. The zero-order valence-electron chi connectivity index (χ0n) is 15.4. The smallest absolute Gasteiger partial charge is 0.410 e. The molecule has 0 saturated carbocycles. The Bertz CT molecular complexity index is 844. The van der Waals surface area contributed by atoms with Gasteiger partial charge in [0.1, 0.15) is 11.9 Å². The molecule has 2 saturated heterocycles. The number of nitrogens with zero attached hydrogens (tertiary/aromatic N) is 2. The predicted molar refractivity (Wildman–Crippen MR) is 101 cm³/mol. The van der Waals surface area contributed by atoms with Crippen molar-refractivity contribution >= 4 is 12.1 Å². The Hall–Kier alpha value is -3.09. The van der Waals surface area contributed by atoms with Gasteiger partial charge >= 0.3 is 12.1 Å².